The second-order valence-corrected chi connectivity index (χ2v) is 5.21. The molecule has 3 N–H and O–H groups in total. The molecule has 0 heterocycles. The number of para-hydroxylation sites is 2. The standard InChI is InChI=1S/C16H18N2O4/c1-10(19)17-13-8-4-5-9-14(13)18-15(20)11-6-2-3-7-12(11)16(21)22/h2-5,8-9,11-12H,6-7H2,1H3,(H,17,19)(H,18,20)(H,21,22)/t11-,12+/m1/s1. The number of aliphatic carboxylic acids is 1. The van der Waals surface area contributed by atoms with Gasteiger partial charge in [0.25, 0.3) is 0 Å². The highest BCUT2D eigenvalue weighted by atomic mass is 16.4. The monoisotopic (exact) mass is 302 g/mol. The fourth-order valence-electron chi connectivity index (χ4n) is 2.49. The van der Waals surface area contributed by atoms with Crippen LogP contribution in [0.4, 0.5) is 11.4 Å². The molecule has 0 saturated heterocycles. The number of hydrogen-bond donors (Lipinski definition) is 3. The zero-order valence-corrected chi connectivity index (χ0v) is 12.2. The number of amides is 2. The van der Waals surface area contributed by atoms with E-state index in [-0.39, 0.29) is 11.8 Å². The van der Waals surface area contributed by atoms with Crippen LogP contribution in [0.2, 0.25) is 0 Å². The molecule has 0 aromatic heterocycles. The highest BCUT2D eigenvalue weighted by molar-refractivity contribution is 6.00. The molecule has 22 heavy (non-hydrogen) atoms. The lowest BCUT2D eigenvalue weighted by Gasteiger charge is -2.24. The summed E-state index contributed by atoms with van der Waals surface area (Å²) in [6.07, 6.45) is 4.35. The third-order valence-electron chi connectivity index (χ3n) is 3.58. The number of anilines is 2. The van der Waals surface area contributed by atoms with Gasteiger partial charge in [-0.25, -0.2) is 0 Å². The van der Waals surface area contributed by atoms with Crippen LogP contribution in [0.15, 0.2) is 36.4 Å². The highest BCUT2D eigenvalue weighted by Gasteiger charge is 2.34. The number of benzene rings is 1. The lowest BCUT2D eigenvalue weighted by atomic mass is 9.82. The Balaban J connectivity index is 2.16. The minimum absolute atomic E-state index is 0.245. The van der Waals surface area contributed by atoms with Crippen molar-refractivity contribution in [2.45, 2.75) is 19.8 Å². The normalized spacial score (nSPS) is 20.2. The molecule has 2 amide bonds. The molecule has 2 rings (SSSR count). The van der Waals surface area contributed by atoms with Crippen molar-refractivity contribution in [1.82, 2.24) is 0 Å². The van der Waals surface area contributed by atoms with Crippen molar-refractivity contribution in [3.05, 3.63) is 36.4 Å². The van der Waals surface area contributed by atoms with E-state index in [1.807, 2.05) is 6.08 Å². The van der Waals surface area contributed by atoms with Crippen LogP contribution in [0.25, 0.3) is 0 Å². The summed E-state index contributed by atoms with van der Waals surface area (Å²) in [6.45, 7) is 1.38. The van der Waals surface area contributed by atoms with E-state index in [1.165, 1.54) is 6.92 Å². The van der Waals surface area contributed by atoms with E-state index in [1.54, 1.807) is 30.3 Å². The Hall–Kier alpha value is -2.63. The van der Waals surface area contributed by atoms with Crippen molar-refractivity contribution in [3.63, 3.8) is 0 Å². The largest absolute Gasteiger partial charge is 0.481 e. The number of rotatable bonds is 4. The van der Waals surface area contributed by atoms with E-state index < -0.39 is 17.8 Å². The number of allylic oxidation sites excluding steroid dienone is 2. The van der Waals surface area contributed by atoms with E-state index in [0.717, 1.165) is 0 Å². The number of carboxylic acid groups (broad SMARTS) is 1. The molecular weight excluding hydrogens is 284 g/mol. The number of carbonyl (C=O) groups is 3. The quantitative estimate of drug-likeness (QED) is 0.743. The predicted octanol–water partition coefficient (Wildman–Crippen LogP) is 2.25. The Morgan fingerprint density at radius 3 is 2.09 bits per heavy atom. The fourth-order valence-corrected chi connectivity index (χ4v) is 2.49. The average Bonchev–Trinajstić information content (AvgIpc) is 2.48. The highest BCUT2D eigenvalue weighted by Crippen LogP contribution is 2.29. The van der Waals surface area contributed by atoms with Gasteiger partial charge >= 0.3 is 5.97 Å². The molecule has 2 atom stereocenters. The summed E-state index contributed by atoms with van der Waals surface area (Å²) in [5.41, 5.74) is 0.947. The summed E-state index contributed by atoms with van der Waals surface area (Å²) < 4.78 is 0. The van der Waals surface area contributed by atoms with Gasteiger partial charge in [-0.3, -0.25) is 14.4 Å². The molecular formula is C16H18N2O4. The van der Waals surface area contributed by atoms with E-state index in [2.05, 4.69) is 10.6 Å². The van der Waals surface area contributed by atoms with Gasteiger partial charge in [-0.05, 0) is 25.0 Å². The van der Waals surface area contributed by atoms with Crippen molar-refractivity contribution < 1.29 is 19.5 Å². The van der Waals surface area contributed by atoms with Crippen molar-refractivity contribution in [1.29, 1.82) is 0 Å². The molecule has 0 radical (unpaired) electrons. The van der Waals surface area contributed by atoms with Crippen LogP contribution in [0.1, 0.15) is 19.8 Å². The van der Waals surface area contributed by atoms with E-state index in [9.17, 15) is 19.5 Å². The van der Waals surface area contributed by atoms with Crippen molar-refractivity contribution in [2.75, 3.05) is 10.6 Å². The topological polar surface area (TPSA) is 95.5 Å². The first-order chi connectivity index (χ1) is 10.5. The first kappa shape index (κ1) is 15.8. The van der Waals surface area contributed by atoms with Gasteiger partial charge in [0.15, 0.2) is 0 Å². The van der Waals surface area contributed by atoms with Gasteiger partial charge in [0.1, 0.15) is 0 Å². The van der Waals surface area contributed by atoms with Crippen LogP contribution in [0.3, 0.4) is 0 Å². The summed E-state index contributed by atoms with van der Waals surface area (Å²) in [7, 11) is 0. The number of carboxylic acids is 1. The second kappa shape index (κ2) is 6.89. The Labute approximate surface area is 128 Å². The molecule has 0 aliphatic heterocycles. The molecule has 0 unspecified atom stereocenters. The van der Waals surface area contributed by atoms with E-state index in [0.29, 0.717) is 24.2 Å². The van der Waals surface area contributed by atoms with Crippen LogP contribution in [-0.2, 0) is 14.4 Å². The third-order valence-corrected chi connectivity index (χ3v) is 3.58. The fraction of sp³-hybridized carbons (Fsp3) is 0.312. The van der Waals surface area contributed by atoms with Crippen LogP contribution < -0.4 is 10.6 Å². The second-order valence-electron chi connectivity index (χ2n) is 5.21. The molecule has 6 heteroatoms. The molecule has 0 bridgehead atoms. The summed E-state index contributed by atoms with van der Waals surface area (Å²) in [5.74, 6) is -2.91. The minimum atomic E-state index is -0.973. The Kier molecular flexibility index (Phi) is 4.93. The van der Waals surface area contributed by atoms with Gasteiger partial charge in [-0.2, -0.15) is 0 Å². The third kappa shape index (κ3) is 3.72. The molecule has 0 fully saturated rings. The van der Waals surface area contributed by atoms with Crippen molar-refractivity contribution >= 4 is 29.2 Å². The molecule has 116 valence electrons. The van der Waals surface area contributed by atoms with Gasteiger partial charge in [0.2, 0.25) is 11.8 Å². The number of hydrogen-bond acceptors (Lipinski definition) is 3. The Morgan fingerprint density at radius 1 is 1.00 bits per heavy atom. The van der Waals surface area contributed by atoms with Crippen LogP contribution in [-0.4, -0.2) is 22.9 Å². The van der Waals surface area contributed by atoms with Crippen LogP contribution in [0.5, 0.6) is 0 Å². The molecule has 0 spiro atoms. The maximum absolute atomic E-state index is 12.4. The van der Waals surface area contributed by atoms with Gasteiger partial charge in [-0.1, -0.05) is 24.3 Å². The SMILES string of the molecule is CC(=O)Nc1ccccc1NC(=O)[C@@H]1CC=CC[C@@H]1C(=O)O. The number of carbonyl (C=O) groups excluding carboxylic acids is 2. The van der Waals surface area contributed by atoms with Crippen molar-refractivity contribution in [3.8, 4) is 0 Å². The lowest BCUT2D eigenvalue weighted by molar-refractivity contribution is -0.146. The number of nitrogens with one attached hydrogen (secondary N) is 2. The smallest absolute Gasteiger partial charge is 0.307 e. The van der Waals surface area contributed by atoms with E-state index in [4.69, 9.17) is 0 Å². The van der Waals surface area contributed by atoms with Gasteiger partial charge < -0.3 is 15.7 Å². The molecule has 1 aromatic rings. The molecule has 1 aromatic carbocycles. The zero-order valence-electron chi connectivity index (χ0n) is 12.2. The first-order valence-electron chi connectivity index (χ1n) is 7.04. The maximum atomic E-state index is 12.4. The minimum Gasteiger partial charge on any atom is -0.481 e. The van der Waals surface area contributed by atoms with Gasteiger partial charge in [0.05, 0.1) is 23.2 Å². The van der Waals surface area contributed by atoms with Crippen LogP contribution >= 0.6 is 0 Å². The molecule has 1 aliphatic rings. The van der Waals surface area contributed by atoms with Gasteiger partial charge in [-0.15, -0.1) is 0 Å². The maximum Gasteiger partial charge on any atom is 0.307 e. The molecule has 0 saturated carbocycles. The summed E-state index contributed by atoms with van der Waals surface area (Å²) in [6, 6.07) is 6.81. The van der Waals surface area contributed by atoms with Gasteiger partial charge in [0, 0.05) is 6.92 Å². The summed E-state index contributed by atoms with van der Waals surface area (Å²) in [4.78, 5) is 34.8. The average molecular weight is 302 g/mol. The predicted molar refractivity (Wildman–Crippen MR) is 82.4 cm³/mol. The molecule has 6 nitrogen and oxygen atoms in total. The summed E-state index contributed by atoms with van der Waals surface area (Å²) in [5, 5.41) is 14.6. The van der Waals surface area contributed by atoms with Crippen molar-refractivity contribution in [2.24, 2.45) is 11.8 Å². The Bertz CT molecular complexity index is 624. The first-order valence-corrected chi connectivity index (χ1v) is 7.04. The zero-order chi connectivity index (χ0) is 16.1. The summed E-state index contributed by atoms with van der Waals surface area (Å²) >= 11 is 0. The molecule has 1 aliphatic carbocycles. The Morgan fingerprint density at radius 2 is 1.55 bits per heavy atom. The lowest BCUT2D eigenvalue weighted by Crippen LogP contribution is -2.34. The van der Waals surface area contributed by atoms with Crippen LogP contribution in [0, 0.1) is 11.8 Å². The van der Waals surface area contributed by atoms with E-state index >= 15 is 0 Å².